The first-order valence-corrected chi connectivity index (χ1v) is 7.93. The smallest absolute Gasteiger partial charge is 0.0683 e. The van der Waals surface area contributed by atoms with E-state index in [0.29, 0.717) is 0 Å². The van der Waals surface area contributed by atoms with Crippen molar-refractivity contribution in [3.05, 3.63) is 30.3 Å². The molecule has 0 aliphatic carbocycles. The Morgan fingerprint density at radius 1 is 1.10 bits per heavy atom. The van der Waals surface area contributed by atoms with Gasteiger partial charge in [0.05, 0.1) is 11.5 Å². The maximum atomic E-state index is 8.94. The standard InChI is InChI=1S/C18H29N3/c1-18(2,16-19)12-7-8-13-20-14-9-15-21(3)17-10-5-4-6-11-17/h4-6,10-11,20H,7-9,12-15H2,1-3H3. The molecule has 21 heavy (non-hydrogen) atoms. The number of nitrogens with zero attached hydrogens (tertiary/aromatic N) is 2. The van der Waals surface area contributed by atoms with Crippen molar-refractivity contribution in [3.63, 3.8) is 0 Å². The van der Waals surface area contributed by atoms with Crippen LogP contribution in [0.2, 0.25) is 0 Å². The van der Waals surface area contributed by atoms with Gasteiger partial charge in [0.1, 0.15) is 0 Å². The van der Waals surface area contributed by atoms with Gasteiger partial charge in [0, 0.05) is 19.3 Å². The Labute approximate surface area is 130 Å². The highest BCUT2D eigenvalue weighted by Gasteiger charge is 2.15. The molecule has 0 aromatic heterocycles. The number of unbranched alkanes of at least 4 members (excludes halogenated alkanes) is 1. The number of anilines is 1. The predicted octanol–water partition coefficient (Wildman–Crippen LogP) is 3.82. The summed E-state index contributed by atoms with van der Waals surface area (Å²) in [6, 6.07) is 12.8. The molecule has 0 radical (unpaired) electrons. The van der Waals surface area contributed by atoms with Crippen LogP contribution in [0.25, 0.3) is 0 Å². The molecule has 1 rings (SSSR count). The zero-order chi connectivity index (χ0) is 15.6. The fourth-order valence-corrected chi connectivity index (χ4v) is 2.25. The average Bonchev–Trinajstić information content (AvgIpc) is 2.50. The van der Waals surface area contributed by atoms with E-state index in [4.69, 9.17) is 5.26 Å². The molecule has 0 amide bonds. The van der Waals surface area contributed by atoms with Crippen molar-refractivity contribution < 1.29 is 0 Å². The summed E-state index contributed by atoms with van der Waals surface area (Å²) in [4.78, 5) is 2.29. The van der Waals surface area contributed by atoms with Crippen LogP contribution in [0.5, 0.6) is 0 Å². The van der Waals surface area contributed by atoms with Gasteiger partial charge in [0.25, 0.3) is 0 Å². The summed E-state index contributed by atoms with van der Waals surface area (Å²) in [5.74, 6) is 0. The van der Waals surface area contributed by atoms with Crippen LogP contribution < -0.4 is 10.2 Å². The molecule has 0 bridgehead atoms. The molecule has 0 heterocycles. The van der Waals surface area contributed by atoms with Gasteiger partial charge in [-0.1, -0.05) is 24.6 Å². The van der Waals surface area contributed by atoms with Gasteiger partial charge >= 0.3 is 0 Å². The normalized spacial score (nSPS) is 11.1. The van der Waals surface area contributed by atoms with E-state index in [1.54, 1.807) is 0 Å². The minimum absolute atomic E-state index is 0.168. The van der Waals surface area contributed by atoms with Crippen molar-refractivity contribution in [2.75, 3.05) is 31.6 Å². The fourth-order valence-electron chi connectivity index (χ4n) is 2.25. The average molecular weight is 287 g/mol. The summed E-state index contributed by atoms with van der Waals surface area (Å²) < 4.78 is 0. The van der Waals surface area contributed by atoms with Gasteiger partial charge in [-0.15, -0.1) is 0 Å². The van der Waals surface area contributed by atoms with E-state index >= 15 is 0 Å². The van der Waals surface area contributed by atoms with Gasteiger partial charge in [-0.05, 0) is 58.3 Å². The van der Waals surface area contributed by atoms with Gasteiger partial charge in [-0.3, -0.25) is 0 Å². The largest absolute Gasteiger partial charge is 0.375 e. The molecule has 0 atom stereocenters. The third-order valence-corrected chi connectivity index (χ3v) is 3.75. The Hall–Kier alpha value is -1.53. The second kappa shape index (κ2) is 9.41. The SMILES string of the molecule is CN(CCCNCCCCC(C)(C)C#N)c1ccccc1. The highest BCUT2D eigenvalue weighted by atomic mass is 15.1. The predicted molar refractivity (Wildman–Crippen MR) is 90.4 cm³/mol. The summed E-state index contributed by atoms with van der Waals surface area (Å²) in [7, 11) is 2.14. The third kappa shape index (κ3) is 7.72. The van der Waals surface area contributed by atoms with Gasteiger partial charge in [0.15, 0.2) is 0 Å². The summed E-state index contributed by atoms with van der Waals surface area (Å²) in [5, 5.41) is 12.4. The quantitative estimate of drug-likeness (QED) is 0.665. The summed E-state index contributed by atoms with van der Waals surface area (Å²) in [5.41, 5.74) is 1.11. The lowest BCUT2D eigenvalue weighted by molar-refractivity contribution is 0.422. The summed E-state index contributed by atoms with van der Waals surface area (Å²) >= 11 is 0. The lowest BCUT2D eigenvalue weighted by Gasteiger charge is -2.19. The summed E-state index contributed by atoms with van der Waals surface area (Å²) in [6.07, 6.45) is 4.41. The molecule has 0 saturated carbocycles. The van der Waals surface area contributed by atoms with E-state index in [9.17, 15) is 0 Å². The van der Waals surface area contributed by atoms with Crippen LogP contribution in [-0.4, -0.2) is 26.7 Å². The Morgan fingerprint density at radius 2 is 1.76 bits per heavy atom. The van der Waals surface area contributed by atoms with E-state index < -0.39 is 0 Å². The number of rotatable bonds is 10. The van der Waals surface area contributed by atoms with Gasteiger partial charge in [-0.2, -0.15) is 5.26 Å². The fraction of sp³-hybridized carbons (Fsp3) is 0.611. The molecular weight excluding hydrogens is 258 g/mol. The lowest BCUT2D eigenvalue weighted by atomic mass is 9.89. The maximum Gasteiger partial charge on any atom is 0.0683 e. The molecule has 0 aliphatic rings. The van der Waals surface area contributed by atoms with Crippen molar-refractivity contribution >= 4 is 5.69 Å². The Balaban J connectivity index is 1.99. The molecule has 1 N–H and O–H groups in total. The molecule has 0 fully saturated rings. The zero-order valence-corrected chi connectivity index (χ0v) is 13.7. The third-order valence-electron chi connectivity index (χ3n) is 3.75. The maximum absolute atomic E-state index is 8.94. The molecule has 3 nitrogen and oxygen atoms in total. The van der Waals surface area contributed by atoms with E-state index in [2.05, 4.69) is 47.6 Å². The minimum atomic E-state index is -0.168. The monoisotopic (exact) mass is 287 g/mol. The second-order valence-corrected chi connectivity index (χ2v) is 6.31. The van der Waals surface area contributed by atoms with E-state index in [1.807, 2.05) is 19.9 Å². The number of para-hydroxylation sites is 1. The number of benzene rings is 1. The summed E-state index contributed by atoms with van der Waals surface area (Å²) in [6.45, 7) is 7.20. The van der Waals surface area contributed by atoms with Gasteiger partial charge in [-0.25, -0.2) is 0 Å². The van der Waals surface area contributed by atoms with Gasteiger partial charge in [0.2, 0.25) is 0 Å². The van der Waals surface area contributed by atoms with Crippen molar-refractivity contribution in [1.82, 2.24) is 5.32 Å². The van der Waals surface area contributed by atoms with E-state index in [-0.39, 0.29) is 5.41 Å². The number of nitrogens with one attached hydrogen (secondary N) is 1. The Morgan fingerprint density at radius 3 is 2.43 bits per heavy atom. The molecular formula is C18H29N3. The number of hydrogen-bond donors (Lipinski definition) is 1. The van der Waals surface area contributed by atoms with Crippen LogP contribution in [0.1, 0.15) is 39.5 Å². The van der Waals surface area contributed by atoms with Crippen LogP contribution >= 0.6 is 0 Å². The Bertz CT molecular complexity index is 420. The first kappa shape index (κ1) is 17.5. The lowest BCUT2D eigenvalue weighted by Crippen LogP contribution is -2.24. The topological polar surface area (TPSA) is 39.1 Å². The van der Waals surface area contributed by atoms with Crippen molar-refractivity contribution in [2.24, 2.45) is 5.41 Å². The highest BCUT2D eigenvalue weighted by Crippen LogP contribution is 2.21. The molecule has 116 valence electrons. The van der Waals surface area contributed by atoms with Crippen molar-refractivity contribution in [1.29, 1.82) is 5.26 Å². The molecule has 3 heteroatoms. The van der Waals surface area contributed by atoms with Crippen LogP contribution in [-0.2, 0) is 0 Å². The van der Waals surface area contributed by atoms with E-state index in [1.165, 1.54) is 5.69 Å². The highest BCUT2D eigenvalue weighted by molar-refractivity contribution is 5.44. The first-order valence-electron chi connectivity index (χ1n) is 7.93. The van der Waals surface area contributed by atoms with Crippen LogP contribution in [0.15, 0.2) is 30.3 Å². The molecule has 0 unspecified atom stereocenters. The first-order chi connectivity index (χ1) is 10.0. The van der Waals surface area contributed by atoms with Crippen molar-refractivity contribution in [3.8, 4) is 6.07 Å². The van der Waals surface area contributed by atoms with Crippen LogP contribution in [0.4, 0.5) is 5.69 Å². The Kier molecular flexibility index (Phi) is 7.85. The molecule has 1 aromatic carbocycles. The number of hydrogen-bond acceptors (Lipinski definition) is 3. The zero-order valence-electron chi connectivity index (χ0n) is 13.7. The van der Waals surface area contributed by atoms with E-state index in [0.717, 1.165) is 45.3 Å². The molecule has 1 aromatic rings. The number of nitriles is 1. The minimum Gasteiger partial charge on any atom is -0.375 e. The van der Waals surface area contributed by atoms with Crippen LogP contribution in [0, 0.1) is 16.7 Å². The molecule has 0 spiro atoms. The molecule has 0 saturated heterocycles. The second-order valence-electron chi connectivity index (χ2n) is 6.31. The molecule has 0 aliphatic heterocycles. The van der Waals surface area contributed by atoms with Crippen molar-refractivity contribution in [2.45, 2.75) is 39.5 Å². The van der Waals surface area contributed by atoms with Crippen LogP contribution in [0.3, 0.4) is 0 Å². The van der Waals surface area contributed by atoms with Gasteiger partial charge < -0.3 is 10.2 Å².